The molecule has 94 valence electrons. The van der Waals surface area contributed by atoms with E-state index in [9.17, 15) is 9.18 Å². The van der Waals surface area contributed by atoms with Crippen LogP contribution in [0.5, 0.6) is 0 Å². The van der Waals surface area contributed by atoms with E-state index in [1.54, 1.807) is 19.2 Å². The van der Waals surface area contributed by atoms with E-state index < -0.39 is 0 Å². The molecule has 2 N–H and O–H groups in total. The predicted octanol–water partition coefficient (Wildman–Crippen LogP) is 2.37. The van der Waals surface area contributed by atoms with Gasteiger partial charge in [-0.3, -0.25) is 4.79 Å². The smallest absolute Gasteiger partial charge is 0.221 e. The van der Waals surface area contributed by atoms with Gasteiger partial charge in [-0.1, -0.05) is 22.0 Å². The third-order valence-electron chi connectivity index (χ3n) is 2.51. The monoisotopic (exact) mass is 302 g/mol. The van der Waals surface area contributed by atoms with Crippen LogP contribution >= 0.6 is 15.9 Å². The van der Waals surface area contributed by atoms with Crippen molar-refractivity contribution in [2.45, 2.75) is 19.4 Å². The molecule has 1 aromatic carbocycles. The highest BCUT2D eigenvalue weighted by atomic mass is 79.9. The van der Waals surface area contributed by atoms with Crippen molar-refractivity contribution in [3.05, 3.63) is 34.1 Å². The Balaban J connectivity index is 2.52. The molecule has 0 saturated carbocycles. The highest BCUT2D eigenvalue weighted by molar-refractivity contribution is 9.10. The van der Waals surface area contributed by atoms with Crippen LogP contribution in [-0.4, -0.2) is 19.5 Å². The summed E-state index contributed by atoms with van der Waals surface area (Å²) in [4.78, 5) is 11.0. The summed E-state index contributed by atoms with van der Waals surface area (Å²) < 4.78 is 14.3. The number of hydrogen-bond acceptors (Lipinski definition) is 2. The molecule has 0 saturated heterocycles. The Morgan fingerprint density at radius 1 is 1.53 bits per heavy atom. The number of rotatable bonds is 5. The number of hydrogen-bond donors (Lipinski definition) is 2. The molecule has 0 bridgehead atoms. The highest BCUT2D eigenvalue weighted by Crippen LogP contribution is 2.20. The van der Waals surface area contributed by atoms with Crippen molar-refractivity contribution < 1.29 is 9.18 Å². The van der Waals surface area contributed by atoms with E-state index in [-0.39, 0.29) is 17.8 Å². The van der Waals surface area contributed by atoms with Crippen LogP contribution < -0.4 is 10.6 Å². The predicted molar refractivity (Wildman–Crippen MR) is 69.2 cm³/mol. The zero-order valence-corrected chi connectivity index (χ0v) is 11.5. The molecule has 1 amide bonds. The first-order valence-electron chi connectivity index (χ1n) is 5.43. The summed E-state index contributed by atoms with van der Waals surface area (Å²) in [5.74, 6) is -0.278. The Hall–Kier alpha value is -0.940. The normalized spacial score (nSPS) is 12.2. The van der Waals surface area contributed by atoms with E-state index in [1.165, 1.54) is 6.07 Å². The number of amides is 1. The third kappa shape index (κ3) is 4.44. The van der Waals surface area contributed by atoms with Gasteiger partial charge in [-0.05, 0) is 19.1 Å². The first-order valence-corrected chi connectivity index (χ1v) is 6.22. The van der Waals surface area contributed by atoms with Gasteiger partial charge in [-0.15, -0.1) is 0 Å². The summed E-state index contributed by atoms with van der Waals surface area (Å²) in [6.45, 7) is 2.40. The summed E-state index contributed by atoms with van der Waals surface area (Å²) in [6, 6.07) is 4.85. The Kier molecular flexibility index (Phi) is 5.58. The lowest BCUT2D eigenvalue weighted by Gasteiger charge is -2.14. The van der Waals surface area contributed by atoms with Crippen molar-refractivity contribution in [2.24, 2.45) is 0 Å². The summed E-state index contributed by atoms with van der Waals surface area (Å²) in [5.41, 5.74) is 0.602. The van der Waals surface area contributed by atoms with Gasteiger partial charge in [0.2, 0.25) is 5.91 Å². The first kappa shape index (κ1) is 14.1. The standard InChI is InChI=1S/C12H16BrFN2O/c1-8(16-6-5-12(17)15-2)10-4-3-9(13)7-11(10)14/h3-4,7-8,16H,5-6H2,1-2H3,(H,15,17). The van der Waals surface area contributed by atoms with E-state index in [1.807, 2.05) is 6.92 Å². The van der Waals surface area contributed by atoms with Gasteiger partial charge in [0.05, 0.1) is 0 Å². The van der Waals surface area contributed by atoms with Gasteiger partial charge in [-0.2, -0.15) is 0 Å². The topological polar surface area (TPSA) is 41.1 Å². The van der Waals surface area contributed by atoms with Crippen molar-refractivity contribution in [3.63, 3.8) is 0 Å². The molecule has 0 radical (unpaired) electrons. The highest BCUT2D eigenvalue weighted by Gasteiger charge is 2.10. The van der Waals surface area contributed by atoms with Gasteiger partial charge in [0.15, 0.2) is 0 Å². The van der Waals surface area contributed by atoms with Gasteiger partial charge in [0.25, 0.3) is 0 Å². The molecule has 0 heterocycles. The van der Waals surface area contributed by atoms with Crippen LogP contribution in [0.1, 0.15) is 24.9 Å². The summed E-state index contributed by atoms with van der Waals surface area (Å²) in [5, 5.41) is 5.65. The van der Waals surface area contributed by atoms with Crippen LogP contribution in [0.15, 0.2) is 22.7 Å². The molecule has 0 fully saturated rings. The fourth-order valence-electron chi connectivity index (χ4n) is 1.49. The molecular formula is C12H16BrFN2O. The fraction of sp³-hybridized carbons (Fsp3) is 0.417. The maximum atomic E-state index is 13.6. The minimum Gasteiger partial charge on any atom is -0.359 e. The summed E-state index contributed by atoms with van der Waals surface area (Å²) >= 11 is 3.21. The minimum atomic E-state index is -0.251. The number of benzene rings is 1. The van der Waals surface area contributed by atoms with Gasteiger partial charge >= 0.3 is 0 Å². The van der Waals surface area contributed by atoms with E-state index in [4.69, 9.17) is 0 Å². The summed E-state index contributed by atoms with van der Waals surface area (Å²) in [7, 11) is 1.60. The second kappa shape index (κ2) is 6.71. The van der Waals surface area contributed by atoms with Crippen LogP contribution in [0.3, 0.4) is 0 Å². The van der Waals surface area contributed by atoms with Crippen LogP contribution in [0.25, 0.3) is 0 Å². The number of halogens is 2. The maximum Gasteiger partial charge on any atom is 0.221 e. The Morgan fingerprint density at radius 3 is 2.82 bits per heavy atom. The van der Waals surface area contributed by atoms with Gasteiger partial charge in [0, 0.05) is 36.1 Å². The zero-order valence-electron chi connectivity index (χ0n) is 9.89. The van der Waals surface area contributed by atoms with E-state index in [2.05, 4.69) is 26.6 Å². The number of carbonyl (C=O) groups is 1. The maximum absolute atomic E-state index is 13.6. The Bertz CT molecular complexity index is 398. The molecule has 0 aliphatic carbocycles. The lowest BCUT2D eigenvalue weighted by Crippen LogP contribution is -2.26. The van der Waals surface area contributed by atoms with Gasteiger partial charge < -0.3 is 10.6 Å². The van der Waals surface area contributed by atoms with Crippen LogP contribution in [0.2, 0.25) is 0 Å². The average Bonchev–Trinajstić information content (AvgIpc) is 2.28. The molecule has 5 heteroatoms. The van der Waals surface area contributed by atoms with E-state index in [0.717, 1.165) is 4.47 Å². The Labute approximate surface area is 109 Å². The molecule has 3 nitrogen and oxygen atoms in total. The quantitative estimate of drug-likeness (QED) is 0.877. The molecule has 1 unspecified atom stereocenters. The third-order valence-corrected chi connectivity index (χ3v) is 3.00. The van der Waals surface area contributed by atoms with E-state index in [0.29, 0.717) is 18.5 Å². The molecule has 1 aromatic rings. The average molecular weight is 303 g/mol. The molecule has 1 rings (SSSR count). The van der Waals surface area contributed by atoms with Crippen LogP contribution in [0.4, 0.5) is 4.39 Å². The molecule has 0 aromatic heterocycles. The van der Waals surface area contributed by atoms with Crippen molar-refractivity contribution in [3.8, 4) is 0 Å². The van der Waals surface area contributed by atoms with Crippen molar-refractivity contribution in [1.82, 2.24) is 10.6 Å². The fourth-order valence-corrected chi connectivity index (χ4v) is 1.82. The van der Waals surface area contributed by atoms with Crippen molar-refractivity contribution >= 4 is 21.8 Å². The van der Waals surface area contributed by atoms with Crippen LogP contribution in [-0.2, 0) is 4.79 Å². The molecule has 1 atom stereocenters. The first-order chi connectivity index (χ1) is 8.04. The molecule has 0 aliphatic heterocycles. The minimum absolute atomic E-state index is 0.0269. The largest absolute Gasteiger partial charge is 0.359 e. The Morgan fingerprint density at radius 2 is 2.24 bits per heavy atom. The molecule has 17 heavy (non-hydrogen) atoms. The SMILES string of the molecule is CNC(=O)CCNC(C)c1ccc(Br)cc1F. The van der Waals surface area contributed by atoms with Crippen LogP contribution in [0, 0.1) is 5.82 Å². The number of nitrogens with one attached hydrogen (secondary N) is 2. The number of carbonyl (C=O) groups excluding carboxylic acids is 1. The van der Waals surface area contributed by atoms with Gasteiger partial charge in [0.1, 0.15) is 5.82 Å². The summed E-state index contributed by atoms with van der Waals surface area (Å²) in [6.07, 6.45) is 0.388. The second-order valence-corrected chi connectivity index (χ2v) is 4.68. The molecular weight excluding hydrogens is 287 g/mol. The van der Waals surface area contributed by atoms with Crippen molar-refractivity contribution in [2.75, 3.05) is 13.6 Å². The zero-order chi connectivity index (χ0) is 12.8. The second-order valence-electron chi connectivity index (χ2n) is 3.76. The molecule has 0 aliphatic rings. The van der Waals surface area contributed by atoms with E-state index >= 15 is 0 Å². The lowest BCUT2D eigenvalue weighted by molar-refractivity contribution is -0.120. The molecule has 0 spiro atoms. The van der Waals surface area contributed by atoms with Crippen molar-refractivity contribution in [1.29, 1.82) is 0 Å². The van der Waals surface area contributed by atoms with Gasteiger partial charge in [-0.25, -0.2) is 4.39 Å². The lowest BCUT2D eigenvalue weighted by atomic mass is 10.1.